The lowest BCUT2D eigenvalue weighted by Gasteiger charge is -2.16. The largest absolute Gasteiger partial charge is 0.431 e. The standard InChI is InChI=1S/C18H18N2O4S2/c1-3-26(22,23)14-9-10-16-15(11-14)19-18(24-16)25-12-17(21)20(2)13-7-5-4-6-8-13/h4-11H,3,12H2,1-2H3. The Bertz CT molecular complexity index is 1030. The molecule has 0 bridgehead atoms. The van der Waals surface area contributed by atoms with Crippen LogP contribution in [0.3, 0.4) is 0 Å². The van der Waals surface area contributed by atoms with Gasteiger partial charge in [0.2, 0.25) is 5.91 Å². The van der Waals surface area contributed by atoms with Crippen LogP contribution in [-0.4, -0.2) is 37.9 Å². The van der Waals surface area contributed by atoms with E-state index in [0.717, 1.165) is 5.69 Å². The average molecular weight is 390 g/mol. The van der Waals surface area contributed by atoms with E-state index in [9.17, 15) is 13.2 Å². The van der Waals surface area contributed by atoms with Crippen molar-refractivity contribution in [3.63, 3.8) is 0 Å². The van der Waals surface area contributed by atoms with Crippen LogP contribution in [0.15, 0.2) is 63.1 Å². The maximum absolute atomic E-state index is 12.3. The highest BCUT2D eigenvalue weighted by molar-refractivity contribution is 7.99. The zero-order chi connectivity index (χ0) is 18.7. The summed E-state index contributed by atoms with van der Waals surface area (Å²) in [4.78, 5) is 18.4. The first-order valence-electron chi connectivity index (χ1n) is 7.98. The van der Waals surface area contributed by atoms with E-state index >= 15 is 0 Å². The Kier molecular flexibility index (Phi) is 5.33. The number of carbonyl (C=O) groups excluding carboxylic acids is 1. The van der Waals surface area contributed by atoms with Gasteiger partial charge < -0.3 is 9.32 Å². The number of para-hydroxylation sites is 1. The van der Waals surface area contributed by atoms with Crippen LogP contribution in [0.2, 0.25) is 0 Å². The number of rotatable bonds is 6. The molecule has 0 atom stereocenters. The number of amides is 1. The van der Waals surface area contributed by atoms with Gasteiger partial charge in [-0.15, -0.1) is 0 Å². The van der Waals surface area contributed by atoms with Crippen LogP contribution in [-0.2, 0) is 14.6 Å². The predicted molar refractivity (Wildman–Crippen MR) is 102 cm³/mol. The smallest absolute Gasteiger partial charge is 0.257 e. The van der Waals surface area contributed by atoms with Gasteiger partial charge >= 0.3 is 0 Å². The summed E-state index contributed by atoms with van der Waals surface area (Å²) in [5.41, 5.74) is 1.77. The predicted octanol–water partition coefficient (Wildman–Crippen LogP) is 3.38. The number of oxazole rings is 1. The van der Waals surface area contributed by atoms with Gasteiger partial charge in [-0.2, -0.15) is 0 Å². The van der Waals surface area contributed by atoms with Crippen molar-refractivity contribution in [2.75, 3.05) is 23.5 Å². The molecule has 1 amide bonds. The zero-order valence-corrected chi connectivity index (χ0v) is 16.0. The Balaban J connectivity index is 1.72. The van der Waals surface area contributed by atoms with Gasteiger partial charge in [-0.05, 0) is 30.3 Å². The van der Waals surface area contributed by atoms with Gasteiger partial charge in [0.05, 0.1) is 16.4 Å². The summed E-state index contributed by atoms with van der Waals surface area (Å²) in [6.45, 7) is 1.60. The molecule has 3 aromatic rings. The van der Waals surface area contributed by atoms with Crippen molar-refractivity contribution < 1.29 is 17.6 Å². The molecule has 0 aliphatic rings. The lowest BCUT2D eigenvalue weighted by Crippen LogP contribution is -2.27. The van der Waals surface area contributed by atoms with Crippen LogP contribution >= 0.6 is 11.8 Å². The molecule has 6 nitrogen and oxygen atoms in total. The fraction of sp³-hybridized carbons (Fsp3) is 0.222. The molecule has 1 aromatic heterocycles. The Morgan fingerprint density at radius 2 is 1.92 bits per heavy atom. The van der Waals surface area contributed by atoms with Crippen molar-refractivity contribution in [3.8, 4) is 0 Å². The highest BCUT2D eigenvalue weighted by atomic mass is 32.2. The molecule has 2 aromatic carbocycles. The van der Waals surface area contributed by atoms with E-state index in [1.54, 1.807) is 24.9 Å². The first-order chi connectivity index (χ1) is 12.4. The lowest BCUT2D eigenvalue weighted by molar-refractivity contribution is -0.115. The Hall–Kier alpha value is -2.32. The minimum Gasteiger partial charge on any atom is -0.431 e. The zero-order valence-electron chi connectivity index (χ0n) is 14.4. The van der Waals surface area contributed by atoms with Crippen molar-refractivity contribution in [1.29, 1.82) is 0 Å². The number of hydrogen-bond acceptors (Lipinski definition) is 6. The van der Waals surface area contributed by atoms with Crippen molar-refractivity contribution in [2.45, 2.75) is 17.0 Å². The summed E-state index contributed by atoms with van der Waals surface area (Å²) in [5, 5.41) is 0.334. The van der Waals surface area contributed by atoms with E-state index in [-0.39, 0.29) is 22.3 Å². The normalized spacial score (nSPS) is 11.6. The molecule has 26 heavy (non-hydrogen) atoms. The molecule has 136 valence electrons. The molecule has 0 N–H and O–H groups in total. The van der Waals surface area contributed by atoms with E-state index in [2.05, 4.69) is 4.98 Å². The number of sulfone groups is 1. The summed E-state index contributed by atoms with van der Waals surface area (Å²) in [5.74, 6) is 0.106. The van der Waals surface area contributed by atoms with Crippen LogP contribution < -0.4 is 4.90 Å². The Labute approximate surface area is 156 Å². The summed E-state index contributed by atoms with van der Waals surface area (Å²) < 4.78 is 29.5. The summed E-state index contributed by atoms with van der Waals surface area (Å²) in [7, 11) is -1.58. The number of benzene rings is 2. The molecule has 8 heteroatoms. The van der Waals surface area contributed by atoms with Gasteiger partial charge in [-0.25, -0.2) is 13.4 Å². The number of carbonyl (C=O) groups is 1. The maximum Gasteiger partial charge on any atom is 0.257 e. The average Bonchev–Trinajstić information content (AvgIpc) is 3.08. The highest BCUT2D eigenvalue weighted by Gasteiger charge is 2.16. The van der Waals surface area contributed by atoms with E-state index in [0.29, 0.717) is 16.3 Å². The minimum atomic E-state index is -3.30. The molecular weight excluding hydrogens is 372 g/mol. The van der Waals surface area contributed by atoms with E-state index < -0.39 is 9.84 Å². The Morgan fingerprint density at radius 3 is 2.62 bits per heavy atom. The molecule has 0 aliphatic carbocycles. The van der Waals surface area contributed by atoms with Gasteiger partial charge in [-0.1, -0.05) is 36.9 Å². The molecule has 3 rings (SSSR count). The monoisotopic (exact) mass is 390 g/mol. The minimum absolute atomic E-state index is 0.0261. The van der Waals surface area contributed by atoms with Gasteiger partial charge in [0.15, 0.2) is 15.4 Å². The second-order valence-corrected chi connectivity index (χ2v) is 8.79. The molecule has 0 spiro atoms. The van der Waals surface area contributed by atoms with E-state index in [1.165, 1.54) is 23.9 Å². The lowest BCUT2D eigenvalue weighted by atomic mass is 10.3. The van der Waals surface area contributed by atoms with Crippen LogP contribution in [0, 0.1) is 0 Å². The number of thioether (sulfide) groups is 1. The number of aromatic nitrogens is 1. The van der Waals surface area contributed by atoms with Gasteiger partial charge in [0, 0.05) is 12.7 Å². The topological polar surface area (TPSA) is 80.5 Å². The molecular formula is C18H18N2O4S2. The molecule has 0 fully saturated rings. The number of anilines is 1. The third-order valence-corrected chi connectivity index (χ3v) is 6.46. The van der Waals surface area contributed by atoms with Gasteiger partial charge in [-0.3, -0.25) is 4.79 Å². The fourth-order valence-corrected chi connectivity index (χ4v) is 3.98. The quantitative estimate of drug-likeness (QED) is 0.600. The number of nitrogens with zero attached hydrogens (tertiary/aromatic N) is 2. The first kappa shape index (κ1) is 18.5. The van der Waals surface area contributed by atoms with Crippen LogP contribution in [0.25, 0.3) is 11.1 Å². The van der Waals surface area contributed by atoms with Crippen LogP contribution in [0.1, 0.15) is 6.92 Å². The highest BCUT2D eigenvalue weighted by Crippen LogP contribution is 2.26. The molecule has 0 unspecified atom stereocenters. The van der Waals surface area contributed by atoms with Crippen molar-refractivity contribution >= 4 is 44.3 Å². The number of fused-ring (bicyclic) bond motifs is 1. The first-order valence-corrected chi connectivity index (χ1v) is 10.6. The molecule has 0 aliphatic heterocycles. The summed E-state index contributed by atoms with van der Waals surface area (Å²) in [6, 6.07) is 13.9. The van der Waals surface area contributed by atoms with Crippen molar-refractivity contribution in [2.24, 2.45) is 0 Å². The van der Waals surface area contributed by atoms with Gasteiger partial charge in [0.1, 0.15) is 5.52 Å². The maximum atomic E-state index is 12.3. The SMILES string of the molecule is CCS(=O)(=O)c1ccc2oc(SCC(=O)N(C)c3ccccc3)nc2c1. The molecule has 0 saturated heterocycles. The summed E-state index contributed by atoms with van der Waals surface area (Å²) in [6.07, 6.45) is 0. The van der Waals surface area contributed by atoms with Gasteiger partial charge in [0.25, 0.3) is 5.22 Å². The Morgan fingerprint density at radius 1 is 1.19 bits per heavy atom. The van der Waals surface area contributed by atoms with E-state index in [4.69, 9.17) is 4.42 Å². The molecule has 0 radical (unpaired) electrons. The third kappa shape index (κ3) is 3.91. The number of hydrogen-bond donors (Lipinski definition) is 0. The summed E-state index contributed by atoms with van der Waals surface area (Å²) >= 11 is 1.18. The second kappa shape index (κ2) is 7.51. The molecule has 0 saturated carbocycles. The third-order valence-electron chi connectivity index (χ3n) is 3.92. The van der Waals surface area contributed by atoms with Crippen LogP contribution in [0.4, 0.5) is 5.69 Å². The molecule has 1 heterocycles. The van der Waals surface area contributed by atoms with E-state index in [1.807, 2.05) is 30.3 Å². The fourth-order valence-electron chi connectivity index (χ4n) is 2.32. The van der Waals surface area contributed by atoms with Crippen molar-refractivity contribution in [3.05, 3.63) is 48.5 Å². The van der Waals surface area contributed by atoms with Crippen LogP contribution in [0.5, 0.6) is 0 Å². The van der Waals surface area contributed by atoms with Crippen molar-refractivity contribution in [1.82, 2.24) is 4.98 Å². The second-order valence-electron chi connectivity index (χ2n) is 5.59.